The van der Waals surface area contributed by atoms with Gasteiger partial charge in [-0.3, -0.25) is 9.88 Å². The van der Waals surface area contributed by atoms with Crippen LogP contribution in [0.1, 0.15) is 61.3 Å². The fraction of sp³-hybridized carbons (Fsp3) is 0.481. The number of carbonyl (C=O) groups excluding carboxylic acids is 1. The van der Waals surface area contributed by atoms with Crippen LogP contribution in [0.25, 0.3) is 16.6 Å². The number of aryl methyl sites for hydroxylation is 1. The minimum absolute atomic E-state index is 0.136. The highest BCUT2D eigenvalue weighted by atomic mass is 16.5. The summed E-state index contributed by atoms with van der Waals surface area (Å²) in [5, 5.41) is 0. The Bertz CT molecular complexity index is 1130. The molecule has 0 radical (unpaired) electrons. The molecule has 6 nitrogen and oxygen atoms in total. The molecule has 4 heterocycles. The molecule has 3 aromatic heterocycles. The number of esters is 1. The van der Waals surface area contributed by atoms with Crippen LogP contribution in [0.4, 0.5) is 0 Å². The van der Waals surface area contributed by atoms with Gasteiger partial charge in [-0.25, -0.2) is 4.79 Å². The maximum Gasteiger partial charge on any atom is 0.338 e. The minimum atomic E-state index is -0.287. The van der Waals surface area contributed by atoms with Crippen LogP contribution in [0.15, 0.2) is 42.9 Å². The predicted molar refractivity (Wildman–Crippen MR) is 133 cm³/mol. The lowest BCUT2D eigenvalue weighted by atomic mass is 9.93. The molecule has 0 N–H and O–H groups in total. The Hall–Kier alpha value is -2.70. The van der Waals surface area contributed by atoms with Gasteiger partial charge in [0.25, 0.3) is 0 Å². The first-order chi connectivity index (χ1) is 15.7. The van der Waals surface area contributed by atoms with Gasteiger partial charge < -0.3 is 14.0 Å². The van der Waals surface area contributed by atoms with Crippen molar-refractivity contribution in [2.45, 2.75) is 58.7 Å². The van der Waals surface area contributed by atoms with Crippen molar-refractivity contribution in [3.8, 4) is 11.1 Å². The van der Waals surface area contributed by atoms with E-state index in [1.54, 1.807) is 0 Å². The van der Waals surface area contributed by atoms with Gasteiger partial charge >= 0.3 is 5.97 Å². The highest BCUT2D eigenvalue weighted by Crippen LogP contribution is 2.35. The normalized spacial score (nSPS) is 16.6. The van der Waals surface area contributed by atoms with E-state index in [0.717, 1.165) is 29.9 Å². The van der Waals surface area contributed by atoms with Gasteiger partial charge in [0, 0.05) is 60.5 Å². The summed E-state index contributed by atoms with van der Waals surface area (Å²) in [5.41, 5.74) is 6.26. The van der Waals surface area contributed by atoms with Crippen molar-refractivity contribution in [3.63, 3.8) is 0 Å². The van der Waals surface area contributed by atoms with Gasteiger partial charge in [-0.15, -0.1) is 0 Å². The first-order valence-electron chi connectivity index (χ1n) is 11.9. The van der Waals surface area contributed by atoms with E-state index < -0.39 is 0 Å². The Kier molecular flexibility index (Phi) is 6.86. The number of aromatic nitrogens is 2. The van der Waals surface area contributed by atoms with Crippen LogP contribution in [0.3, 0.4) is 0 Å². The number of likely N-dealkylation sites (tertiary alicyclic amines) is 1. The van der Waals surface area contributed by atoms with Crippen LogP contribution in [-0.4, -0.2) is 64.5 Å². The van der Waals surface area contributed by atoms with Crippen LogP contribution in [0.5, 0.6) is 0 Å². The molecule has 4 rings (SSSR count). The largest absolute Gasteiger partial charge is 0.459 e. The quantitative estimate of drug-likeness (QED) is 0.499. The molecule has 0 spiro atoms. The van der Waals surface area contributed by atoms with Crippen molar-refractivity contribution in [1.29, 1.82) is 0 Å². The first-order valence-corrected chi connectivity index (χ1v) is 11.9. The summed E-state index contributed by atoms with van der Waals surface area (Å²) in [5.74, 6) is -0.287. The van der Waals surface area contributed by atoms with E-state index in [2.05, 4.69) is 65.5 Å². The second kappa shape index (κ2) is 9.65. The number of hydrogen-bond acceptors (Lipinski definition) is 5. The smallest absolute Gasteiger partial charge is 0.338 e. The molecule has 0 aliphatic carbocycles. The number of rotatable bonds is 6. The monoisotopic (exact) mass is 448 g/mol. The first kappa shape index (κ1) is 23.5. The summed E-state index contributed by atoms with van der Waals surface area (Å²) in [6.45, 7) is 10.3. The predicted octanol–water partition coefficient (Wildman–Crippen LogP) is 4.96. The van der Waals surface area contributed by atoms with Crippen molar-refractivity contribution in [1.82, 2.24) is 19.2 Å². The Morgan fingerprint density at radius 3 is 2.55 bits per heavy atom. The molecule has 1 aliphatic heterocycles. The summed E-state index contributed by atoms with van der Waals surface area (Å²) in [4.78, 5) is 21.9. The molecule has 6 heteroatoms. The van der Waals surface area contributed by atoms with Crippen LogP contribution in [0.2, 0.25) is 0 Å². The van der Waals surface area contributed by atoms with E-state index in [1.165, 1.54) is 24.0 Å². The molecule has 0 aromatic carbocycles. The fourth-order valence-corrected chi connectivity index (χ4v) is 4.99. The van der Waals surface area contributed by atoms with Crippen LogP contribution >= 0.6 is 0 Å². The van der Waals surface area contributed by atoms with Crippen molar-refractivity contribution >= 4 is 11.5 Å². The van der Waals surface area contributed by atoms with Crippen molar-refractivity contribution in [2.75, 3.05) is 27.2 Å². The third-order valence-corrected chi connectivity index (χ3v) is 6.87. The van der Waals surface area contributed by atoms with Crippen molar-refractivity contribution in [3.05, 3.63) is 59.7 Å². The highest BCUT2D eigenvalue weighted by Gasteiger charge is 2.27. The molecular formula is C27H36N4O2. The average Bonchev–Trinajstić information content (AvgIpc) is 3.21. The maximum atomic E-state index is 12.4. The Morgan fingerprint density at radius 1 is 1.15 bits per heavy atom. The Morgan fingerprint density at radius 2 is 1.88 bits per heavy atom. The fourth-order valence-electron chi connectivity index (χ4n) is 4.99. The van der Waals surface area contributed by atoms with E-state index in [-0.39, 0.29) is 18.1 Å². The van der Waals surface area contributed by atoms with Gasteiger partial charge in [-0.1, -0.05) is 0 Å². The summed E-state index contributed by atoms with van der Waals surface area (Å²) in [6, 6.07) is 8.94. The lowest BCUT2D eigenvalue weighted by Gasteiger charge is -2.39. The molecule has 0 bridgehead atoms. The van der Waals surface area contributed by atoms with E-state index in [0.29, 0.717) is 11.6 Å². The van der Waals surface area contributed by atoms with Gasteiger partial charge in [0.2, 0.25) is 0 Å². The molecule has 1 fully saturated rings. The topological polar surface area (TPSA) is 50.1 Å². The second-order valence-electron chi connectivity index (χ2n) is 9.69. The van der Waals surface area contributed by atoms with Crippen LogP contribution < -0.4 is 0 Å². The number of carbonyl (C=O) groups is 1. The lowest BCUT2D eigenvalue weighted by Crippen LogP contribution is -2.43. The van der Waals surface area contributed by atoms with Crippen LogP contribution in [0, 0.1) is 6.92 Å². The number of nitrogens with zero attached hydrogens (tertiary/aromatic N) is 4. The molecule has 33 heavy (non-hydrogen) atoms. The summed E-state index contributed by atoms with van der Waals surface area (Å²) >= 11 is 0. The number of hydrogen-bond donors (Lipinski definition) is 0. The molecule has 1 atom stereocenters. The number of pyridine rings is 2. The highest BCUT2D eigenvalue weighted by molar-refractivity contribution is 5.91. The van der Waals surface area contributed by atoms with E-state index in [1.807, 2.05) is 38.4 Å². The molecule has 0 amide bonds. The molecule has 3 aromatic rings. The standard InChI is InChI=1S/C27H36N4O2/c1-18(2)33-27(32)21-8-12-31-17-22(16-24(31)15-21)25-7-11-28-19(3)26(25)20(4)30-13-9-23(10-14-30)29(5)6/h7-8,11-12,15-18,20,23H,9-10,13-14H2,1-6H3. The third-order valence-electron chi connectivity index (χ3n) is 6.87. The van der Waals surface area contributed by atoms with Gasteiger partial charge in [0.15, 0.2) is 0 Å². The Balaban J connectivity index is 1.64. The summed E-state index contributed by atoms with van der Waals surface area (Å²) in [7, 11) is 4.36. The average molecular weight is 449 g/mol. The van der Waals surface area contributed by atoms with E-state index in [4.69, 9.17) is 4.74 Å². The summed E-state index contributed by atoms with van der Waals surface area (Å²) in [6.07, 6.45) is 8.21. The molecule has 1 saturated heterocycles. The number of fused-ring (bicyclic) bond motifs is 1. The zero-order chi connectivity index (χ0) is 23.7. The molecule has 176 valence electrons. The zero-order valence-electron chi connectivity index (χ0n) is 20.7. The molecule has 0 saturated carbocycles. The molecule has 1 aliphatic rings. The SMILES string of the molecule is Cc1nccc(-c2cc3cc(C(=O)OC(C)C)ccn3c2)c1C(C)N1CCC(N(C)C)CC1. The van der Waals surface area contributed by atoms with Gasteiger partial charge in [-0.2, -0.15) is 0 Å². The third kappa shape index (κ3) is 4.97. The maximum absolute atomic E-state index is 12.4. The summed E-state index contributed by atoms with van der Waals surface area (Å²) < 4.78 is 7.43. The van der Waals surface area contributed by atoms with Gasteiger partial charge in [-0.05, 0) is 90.0 Å². The molecular weight excluding hydrogens is 412 g/mol. The Labute approximate surface area is 197 Å². The lowest BCUT2D eigenvalue weighted by molar-refractivity contribution is 0.0378. The van der Waals surface area contributed by atoms with E-state index >= 15 is 0 Å². The minimum Gasteiger partial charge on any atom is -0.459 e. The van der Waals surface area contributed by atoms with Gasteiger partial charge in [0.1, 0.15) is 0 Å². The number of ether oxygens (including phenoxy) is 1. The zero-order valence-corrected chi connectivity index (χ0v) is 20.7. The van der Waals surface area contributed by atoms with Crippen molar-refractivity contribution in [2.24, 2.45) is 0 Å². The number of piperidine rings is 1. The van der Waals surface area contributed by atoms with Crippen molar-refractivity contribution < 1.29 is 9.53 Å². The van der Waals surface area contributed by atoms with E-state index in [9.17, 15) is 4.79 Å². The van der Waals surface area contributed by atoms with Gasteiger partial charge in [0.05, 0.1) is 11.7 Å². The van der Waals surface area contributed by atoms with Crippen LogP contribution in [-0.2, 0) is 4.74 Å². The molecule has 1 unspecified atom stereocenters. The second-order valence-corrected chi connectivity index (χ2v) is 9.69.